The highest BCUT2D eigenvalue weighted by Crippen LogP contribution is 2.41. The number of hydrogen-bond acceptors (Lipinski definition) is 3. The van der Waals surface area contributed by atoms with E-state index >= 15 is 0 Å². The van der Waals surface area contributed by atoms with Gasteiger partial charge in [0.15, 0.2) is 25.5 Å². The molecule has 5 heteroatoms. The summed E-state index contributed by atoms with van der Waals surface area (Å²) in [6, 6.07) is 101. The van der Waals surface area contributed by atoms with Crippen molar-refractivity contribution in [2.24, 2.45) is 0 Å². The van der Waals surface area contributed by atoms with Gasteiger partial charge in [-0.05, 0) is 103 Å². The van der Waals surface area contributed by atoms with Crippen LogP contribution >= 0.6 is 0 Å². The van der Waals surface area contributed by atoms with Crippen LogP contribution in [0.2, 0.25) is 0 Å². The zero-order valence-electron chi connectivity index (χ0n) is 42.3. The summed E-state index contributed by atoms with van der Waals surface area (Å²) in [5, 5.41) is 7.61. The van der Waals surface area contributed by atoms with Crippen molar-refractivity contribution in [2.75, 3.05) is 0 Å². The molecule has 13 rings (SSSR count). The summed E-state index contributed by atoms with van der Waals surface area (Å²) in [6.07, 6.45) is 0. The Morgan fingerprint density at radius 2 is 0.671 bits per heavy atom. The highest BCUT2D eigenvalue weighted by atomic mass is 28.3. The third-order valence-electron chi connectivity index (χ3n) is 15.1. The van der Waals surface area contributed by atoms with Gasteiger partial charge in [0.1, 0.15) is 0 Å². The molecular formula is C71H52N4Si. The second-order valence-electron chi connectivity index (χ2n) is 19.6. The van der Waals surface area contributed by atoms with Crippen LogP contribution in [0.3, 0.4) is 0 Å². The van der Waals surface area contributed by atoms with Crippen molar-refractivity contribution in [3.05, 3.63) is 290 Å². The molecule has 2 heterocycles. The first-order valence-corrected chi connectivity index (χ1v) is 28.0. The molecule has 0 N–H and O–H groups in total. The largest absolute Gasteiger partial charge is 0.309 e. The first-order valence-electron chi connectivity index (χ1n) is 26.0. The summed E-state index contributed by atoms with van der Waals surface area (Å²) in [7, 11) is -2.90. The fourth-order valence-electron chi connectivity index (χ4n) is 11.4. The number of fused-ring (bicyclic) bond motifs is 3. The van der Waals surface area contributed by atoms with Gasteiger partial charge in [0.05, 0.1) is 11.0 Å². The highest BCUT2D eigenvalue weighted by Gasteiger charge is 2.41. The Morgan fingerprint density at radius 1 is 0.276 bits per heavy atom. The predicted molar refractivity (Wildman–Crippen MR) is 320 cm³/mol. The summed E-state index contributed by atoms with van der Waals surface area (Å²) in [5.74, 6) is 1.82. The number of benzene rings is 11. The first-order chi connectivity index (χ1) is 37.5. The molecule has 13 aromatic rings. The van der Waals surface area contributed by atoms with Crippen LogP contribution in [0.4, 0.5) is 0 Å². The van der Waals surface area contributed by atoms with Crippen molar-refractivity contribution in [1.82, 2.24) is 19.5 Å². The van der Waals surface area contributed by atoms with E-state index < -0.39 is 8.07 Å². The molecule has 76 heavy (non-hydrogen) atoms. The third kappa shape index (κ3) is 8.24. The number of aromatic nitrogens is 4. The lowest BCUT2D eigenvalue weighted by molar-refractivity contribution is 1.07. The van der Waals surface area contributed by atoms with Crippen LogP contribution in [0, 0.1) is 13.8 Å². The van der Waals surface area contributed by atoms with E-state index in [0.29, 0.717) is 17.5 Å². The van der Waals surface area contributed by atoms with E-state index in [1.54, 1.807) is 0 Å². The smallest absolute Gasteiger partial charge is 0.179 e. The first kappa shape index (κ1) is 46.2. The molecule has 11 aromatic carbocycles. The number of aryl methyl sites for hydroxylation is 2. The van der Waals surface area contributed by atoms with Crippen LogP contribution in [0.5, 0.6) is 0 Å². The van der Waals surface area contributed by atoms with Crippen molar-refractivity contribution in [2.45, 2.75) is 13.8 Å². The minimum absolute atomic E-state index is 0.592. The molecule has 0 bridgehead atoms. The van der Waals surface area contributed by atoms with E-state index in [4.69, 9.17) is 15.0 Å². The molecule has 0 unspecified atom stereocenters. The lowest BCUT2D eigenvalue weighted by Crippen LogP contribution is -2.74. The summed E-state index contributed by atoms with van der Waals surface area (Å²) in [4.78, 5) is 16.1. The van der Waals surface area contributed by atoms with E-state index in [9.17, 15) is 0 Å². The normalized spacial score (nSPS) is 11.6. The van der Waals surface area contributed by atoms with E-state index in [1.807, 2.05) is 36.4 Å². The van der Waals surface area contributed by atoms with Crippen LogP contribution in [-0.4, -0.2) is 27.6 Å². The molecule has 0 aliphatic carbocycles. The Labute approximate surface area is 445 Å². The van der Waals surface area contributed by atoms with Gasteiger partial charge in [0.2, 0.25) is 0 Å². The van der Waals surface area contributed by atoms with Crippen molar-refractivity contribution < 1.29 is 0 Å². The van der Waals surface area contributed by atoms with Crippen LogP contribution in [-0.2, 0) is 0 Å². The van der Waals surface area contributed by atoms with Crippen molar-refractivity contribution in [3.63, 3.8) is 0 Å². The van der Waals surface area contributed by atoms with E-state index in [2.05, 4.69) is 261 Å². The van der Waals surface area contributed by atoms with Crippen molar-refractivity contribution in [3.8, 4) is 73.2 Å². The second kappa shape index (κ2) is 19.7. The standard InChI is InChI=1S/C71H52N4Si/c1-49-23-18-20-37-61(49)54-39-42-64-65-43-40-55(62-38-21-19-24-50(62)2)47-68(65)75(67(64)46-54)56-41-44-63(66(48-56)71-73-69(51-25-8-3-9-26-51)72-70(74-71)52-27-10-4-11-28-52)53-29-22-36-60(45-53)76(57-30-12-5-13-31-57,58-32-14-6-15-33-58)59-34-16-7-17-35-59/h3-48H,1-2H3. The molecule has 0 fully saturated rings. The van der Waals surface area contributed by atoms with Crippen LogP contribution in [0.25, 0.3) is 95.0 Å². The van der Waals surface area contributed by atoms with E-state index in [1.165, 1.54) is 64.9 Å². The minimum Gasteiger partial charge on any atom is -0.309 e. The summed E-state index contributed by atoms with van der Waals surface area (Å²) in [5.41, 5.74) is 15.3. The molecule has 360 valence electrons. The predicted octanol–water partition coefficient (Wildman–Crippen LogP) is 15.0. The zero-order chi connectivity index (χ0) is 51.0. The Hall–Kier alpha value is -9.55. The third-order valence-corrected chi connectivity index (χ3v) is 19.9. The van der Waals surface area contributed by atoms with E-state index in [-0.39, 0.29) is 0 Å². The number of rotatable bonds is 11. The number of nitrogens with zero attached hydrogens (tertiary/aromatic N) is 4. The average molecular weight is 989 g/mol. The fraction of sp³-hybridized carbons (Fsp3) is 0.0282. The van der Waals surface area contributed by atoms with Crippen molar-refractivity contribution in [1.29, 1.82) is 0 Å². The molecule has 0 aliphatic heterocycles. The van der Waals surface area contributed by atoms with Crippen molar-refractivity contribution >= 4 is 50.6 Å². The summed E-state index contributed by atoms with van der Waals surface area (Å²) >= 11 is 0. The Morgan fingerprint density at radius 3 is 1.14 bits per heavy atom. The molecule has 2 aromatic heterocycles. The molecule has 0 atom stereocenters. The maximum atomic E-state index is 5.45. The lowest BCUT2D eigenvalue weighted by atomic mass is 9.97. The van der Waals surface area contributed by atoms with Gasteiger partial charge in [0, 0.05) is 33.2 Å². The van der Waals surface area contributed by atoms with Gasteiger partial charge in [-0.15, -0.1) is 0 Å². The SMILES string of the molecule is Cc1ccccc1-c1ccc2c3ccc(-c4ccccc4C)cc3n(-c3ccc(-c4cccc([Si](c5ccccc5)(c5ccccc5)c5ccccc5)c4)c(-c4nc(-c5ccccc5)nc(-c5ccccc5)n4)c3)c2c1. The van der Waals surface area contributed by atoms with Gasteiger partial charge in [-0.25, -0.2) is 15.0 Å². The monoisotopic (exact) mass is 988 g/mol. The Kier molecular flexibility index (Phi) is 12.0. The fourth-order valence-corrected chi connectivity index (χ4v) is 16.2. The molecular weight excluding hydrogens is 937 g/mol. The van der Waals surface area contributed by atoms with Gasteiger partial charge < -0.3 is 4.57 Å². The topological polar surface area (TPSA) is 43.6 Å². The van der Waals surface area contributed by atoms with Gasteiger partial charge in [0.25, 0.3) is 0 Å². The molecule has 4 nitrogen and oxygen atoms in total. The highest BCUT2D eigenvalue weighted by molar-refractivity contribution is 7.19. The molecule has 0 saturated heterocycles. The molecule has 0 saturated carbocycles. The van der Waals surface area contributed by atoms with Crippen LogP contribution in [0.15, 0.2) is 279 Å². The summed E-state index contributed by atoms with van der Waals surface area (Å²) < 4.78 is 2.45. The lowest BCUT2D eigenvalue weighted by Gasteiger charge is -2.34. The maximum absolute atomic E-state index is 5.45. The number of hydrogen-bond donors (Lipinski definition) is 0. The maximum Gasteiger partial charge on any atom is 0.179 e. The van der Waals surface area contributed by atoms with Gasteiger partial charge in [-0.1, -0.05) is 255 Å². The Balaban J connectivity index is 1.11. The molecule has 0 amide bonds. The van der Waals surface area contributed by atoms with E-state index in [0.717, 1.165) is 44.5 Å². The Bertz CT molecular complexity index is 3970. The van der Waals surface area contributed by atoms with Gasteiger partial charge in [-0.2, -0.15) is 0 Å². The molecule has 0 aliphatic rings. The van der Waals surface area contributed by atoms with Crippen LogP contribution < -0.4 is 20.7 Å². The second-order valence-corrected chi connectivity index (χ2v) is 23.4. The average Bonchev–Trinajstić information content (AvgIpc) is 3.87. The minimum atomic E-state index is -2.90. The summed E-state index contributed by atoms with van der Waals surface area (Å²) in [6.45, 7) is 4.38. The molecule has 0 radical (unpaired) electrons. The van der Waals surface area contributed by atoms with Gasteiger partial charge in [-0.3, -0.25) is 0 Å². The molecule has 0 spiro atoms. The van der Waals surface area contributed by atoms with Crippen LogP contribution in [0.1, 0.15) is 11.1 Å². The zero-order valence-corrected chi connectivity index (χ0v) is 43.3. The van der Waals surface area contributed by atoms with Gasteiger partial charge >= 0.3 is 0 Å². The quantitative estimate of drug-likeness (QED) is 0.0958.